The first-order chi connectivity index (χ1) is 9.54. The second-order valence-corrected chi connectivity index (χ2v) is 5.18. The highest BCUT2D eigenvalue weighted by molar-refractivity contribution is 5.76. The number of nitrogens with two attached hydrogens (primary N) is 1. The van der Waals surface area contributed by atoms with E-state index in [2.05, 4.69) is 31.3 Å². The maximum atomic E-state index is 11.6. The Hall–Kier alpha value is -1.39. The molecule has 20 heavy (non-hydrogen) atoms. The lowest BCUT2D eigenvalue weighted by atomic mass is 9.99. The van der Waals surface area contributed by atoms with E-state index in [4.69, 9.17) is 10.5 Å². The molecule has 0 heterocycles. The molecule has 3 N–H and O–H groups in total. The van der Waals surface area contributed by atoms with E-state index in [1.54, 1.807) is 0 Å². The number of nitrogens with one attached hydrogen (secondary N) is 1. The van der Waals surface area contributed by atoms with Gasteiger partial charge in [0.1, 0.15) is 0 Å². The van der Waals surface area contributed by atoms with Crippen molar-refractivity contribution in [3.8, 4) is 0 Å². The first-order valence-corrected chi connectivity index (χ1v) is 7.24. The number of amides is 1. The van der Waals surface area contributed by atoms with Crippen LogP contribution in [0.4, 0.5) is 0 Å². The van der Waals surface area contributed by atoms with E-state index in [0.717, 1.165) is 5.56 Å². The fraction of sp³-hybridized carbons (Fsp3) is 0.562. The minimum Gasteiger partial charge on any atom is -0.381 e. The molecule has 0 bridgehead atoms. The van der Waals surface area contributed by atoms with Crippen molar-refractivity contribution in [1.82, 2.24) is 5.32 Å². The molecule has 0 saturated carbocycles. The van der Waals surface area contributed by atoms with Gasteiger partial charge < -0.3 is 15.8 Å². The van der Waals surface area contributed by atoms with Crippen LogP contribution in [0.15, 0.2) is 24.3 Å². The SMILES string of the molecule is CCOCCC(=O)NCC(N)c1ccc(C(C)C)cc1. The predicted octanol–water partition coefficient (Wildman–Crippen LogP) is 2.35. The van der Waals surface area contributed by atoms with Crippen molar-refractivity contribution < 1.29 is 9.53 Å². The van der Waals surface area contributed by atoms with Crippen LogP contribution in [0, 0.1) is 0 Å². The summed E-state index contributed by atoms with van der Waals surface area (Å²) in [7, 11) is 0. The van der Waals surface area contributed by atoms with Crippen molar-refractivity contribution in [2.24, 2.45) is 5.73 Å². The van der Waals surface area contributed by atoms with Gasteiger partial charge in [0.05, 0.1) is 6.61 Å². The van der Waals surface area contributed by atoms with Crippen LogP contribution >= 0.6 is 0 Å². The van der Waals surface area contributed by atoms with Gasteiger partial charge in [0.2, 0.25) is 5.91 Å². The number of carbonyl (C=O) groups is 1. The molecule has 112 valence electrons. The van der Waals surface area contributed by atoms with Gasteiger partial charge in [-0.05, 0) is 24.0 Å². The van der Waals surface area contributed by atoms with E-state index in [9.17, 15) is 4.79 Å². The molecule has 1 amide bonds. The topological polar surface area (TPSA) is 64.3 Å². The predicted molar refractivity (Wildman–Crippen MR) is 81.6 cm³/mol. The van der Waals surface area contributed by atoms with E-state index in [0.29, 0.717) is 32.1 Å². The number of ether oxygens (including phenoxy) is 1. The highest BCUT2D eigenvalue weighted by Gasteiger charge is 2.08. The molecular formula is C16H26N2O2. The summed E-state index contributed by atoms with van der Waals surface area (Å²) in [5.74, 6) is 0.492. The maximum Gasteiger partial charge on any atom is 0.222 e. The van der Waals surface area contributed by atoms with Gasteiger partial charge in [-0.1, -0.05) is 38.1 Å². The summed E-state index contributed by atoms with van der Waals surface area (Å²) in [6.45, 7) is 7.78. The van der Waals surface area contributed by atoms with E-state index in [-0.39, 0.29) is 11.9 Å². The van der Waals surface area contributed by atoms with Crippen molar-refractivity contribution in [3.05, 3.63) is 35.4 Å². The Morgan fingerprint density at radius 1 is 1.25 bits per heavy atom. The lowest BCUT2D eigenvalue weighted by Gasteiger charge is -2.14. The third kappa shape index (κ3) is 5.72. The van der Waals surface area contributed by atoms with E-state index in [1.807, 2.05) is 19.1 Å². The molecule has 0 aliphatic carbocycles. The van der Waals surface area contributed by atoms with Crippen LogP contribution in [0.3, 0.4) is 0 Å². The van der Waals surface area contributed by atoms with E-state index >= 15 is 0 Å². The van der Waals surface area contributed by atoms with Gasteiger partial charge in [-0.25, -0.2) is 0 Å². The summed E-state index contributed by atoms with van der Waals surface area (Å²) in [5, 5.41) is 2.83. The molecule has 0 radical (unpaired) electrons. The maximum absolute atomic E-state index is 11.6. The van der Waals surface area contributed by atoms with E-state index < -0.39 is 0 Å². The average molecular weight is 278 g/mol. The highest BCUT2D eigenvalue weighted by atomic mass is 16.5. The van der Waals surface area contributed by atoms with Crippen LogP contribution in [0.5, 0.6) is 0 Å². The van der Waals surface area contributed by atoms with Crippen molar-refractivity contribution in [2.45, 2.75) is 39.2 Å². The Labute approximate surface area is 121 Å². The summed E-state index contributed by atoms with van der Waals surface area (Å²) in [5.41, 5.74) is 8.41. The van der Waals surface area contributed by atoms with Crippen molar-refractivity contribution in [2.75, 3.05) is 19.8 Å². The molecule has 0 aliphatic heterocycles. The molecule has 0 spiro atoms. The van der Waals surface area contributed by atoms with Crippen LogP contribution in [0.1, 0.15) is 50.3 Å². The molecule has 0 saturated heterocycles. The van der Waals surface area contributed by atoms with Crippen LogP contribution in [-0.2, 0) is 9.53 Å². The van der Waals surface area contributed by atoms with Crippen molar-refractivity contribution in [3.63, 3.8) is 0 Å². The number of rotatable bonds is 8. The second-order valence-electron chi connectivity index (χ2n) is 5.18. The summed E-state index contributed by atoms with van der Waals surface area (Å²) in [4.78, 5) is 11.6. The molecular weight excluding hydrogens is 252 g/mol. The number of benzene rings is 1. The monoisotopic (exact) mass is 278 g/mol. The van der Waals surface area contributed by atoms with Gasteiger partial charge >= 0.3 is 0 Å². The molecule has 1 aromatic carbocycles. The van der Waals surface area contributed by atoms with Gasteiger partial charge in [0.15, 0.2) is 0 Å². The third-order valence-electron chi connectivity index (χ3n) is 3.23. The zero-order valence-electron chi connectivity index (χ0n) is 12.7. The van der Waals surface area contributed by atoms with Crippen LogP contribution in [0.25, 0.3) is 0 Å². The lowest BCUT2D eigenvalue weighted by Crippen LogP contribution is -2.32. The molecule has 0 aromatic heterocycles. The van der Waals surface area contributed by atoms with Crippen LogP contribution < -0.4 is 11.1 Å². The van der Waals surface area contributed by atoms with Gasteiger partial charge in [0.25, 0.3) is 0 Å². The summed E-state index contributed by atoms with van der Waals surface area (Å²) in [6, 6.07) is 8.08. The first kappa shape index (κ1) is 16.7. The Bertz CT molecular complexity index is 401. The molecule has 4 heteroatoms. The molecule has 1 unspecified atom stereocenters. The molecule has 4 nitrogen and oxygen atoms in total. The van der Waals surface area contributed by atoms with E-state index in [1.165, 1.54) is 5.56 Å². The minimum absolute atomic E-state index is 0.0206. The third-order valence-corrected chi connectivity index (χ3v) is 3.23. The fourth-order valence-corrected chi connectivity index (χ4v) is 1.87. The Morgan fingerprint density at radius 2 is 1.85 bits per heavy atom. The van der Waals surface area contributed by atoms with Gasteiger partial charge in [-0.15, -0.1) is 0 Å². The van der Waals surface area contributed by atoms with Gasteiger partial charge in [-0.3, -0.25) is 4.79 Å². The first-order valence-electron chi connectivity index (χ1n) is 7.24. The van der Waals surface area contributed by atoms with Crippen molar-refractivity contribution in [1.29, 1.82) is 0 Å². The number of carbonyl (C=O) groups excluding carboxylic acids is 1. The number of hydrogen-bond donors (Lipinski definition) is 2. The highest BCUT2D eigenvalue weighted by Crippen LogP contribution is 2.17. The molecule has 1 atom stereocenters. The normalized spacial score (nSPS) is 12.4. The largest absolute Gasteiger partial charge is 0.381 e. The minimum atomic E-state index is -0.174. The zero-order valence-corrected chi connectivity index (χ0v) is 12.7. The lowest BCUT2D eigenvalue weighted by molar-refractivity contribution is -0.122. The molecule has 0 aliphatic rings. The zero-order chi connectivity index (χ0) is 15.0. The molecule has 1 rings (SSSR count). The fourth-order valence-electron chi connectivity index (χ4n) is 1.87. The molecule has 0 fully saturated rings. The van der Waals surface area contributed by atoms with Gasteiger partial charge in [0, 0.05) is 25.6 Å². The summed E-state index contributed by atoms with van der Waals surface area (Å²) >= 11 is 0. The standard InChI is InChI=1S/C16H26N2O2/c1-4-20-10-9-16(19)18-11-15(17)14-7-5-13(6-8-14)12(2)3/h5-8,12,15H,4,9-11,17H2,1-3H3,(H,18,19). The Morgan fingerprint density at radius 3 is 2.40 bits per heavy atom. The van der Waals surface area contributed by atoms with Gasteiger partial charge in [-0.2, -0.15) is 0 Å². The number of hydrogen-bond acceptors (Lipinski definition) is 3. The smallest absolute Gasteiger partial charge is 0.222 e. The van der Waals surface area contributed by atoms with Crippen molar-refractivity contribution >= 4 is 5.91 Å². The average Bonchev–Trinajstić information content (AvgIpc) is 2.45. The second kappa shape index (κ2) is 8.72. The Balaban J connectivity index is 2.38. The van der Waals surface area contributed by atoms with Crippen LogP contribution in [-0.4, -0.2) is 25.7 Å². The molecule has 1 aromatic rings. The summed E-state index contributed by atoms with van der Waals surface area (Å²) < 4.78 is 5.14. The van der Waals surface area contributed by atoms with Crippen LogP contribution in [0.2, 0.25) is 0 Å². The summed E-state index contributed by atoms with van der Waals surface area (Å²) in [6.07, 6.45) is 0.382. The quantitative estimate of drug-likeness (QED) is 0.717. The Kier molecular flexibility index (Phi) is 7.26.